The van der Waals surface area contributed by atoms with Crippen molar-refractivity contribution in [2.45, 2.75) is 58.0 Å². The number of aliphatic imine (C=N–C) groups is 1. The number of aromatic nitrogens is 3. The van der Waals surface area contributed by atoms with E-state index in [2.05, 4.69) is 27.4 Å². The lowest BCUT2D eigenvalue weighted by molar-refractivity contribution is 0.412. The Bertz CT molecular complexity index is 411. The summed E-state index contributed by atoms with van der Waals surface area (Å²) in [5.74, 6) is 1.56. The zero-order chi connectivity index (χ0) is 13.5. The van der Waals surface area contributed by atoms with Gasteiger partial charge in [-0.05, 0) is 12.8 Å². The van der Waals surface area contributed by atoms with E-state index in [1.165, 1.54) is 32.1 Å². The molecule has 1 saturated carbocycles. The molecule has 0 aliphatic heterocycles. The van der Waals surface area contributed by atoms with Gasteiger partial charge in [0, 0.05) is 19.0 Å². The van der Waals surface area contributed by atoms with E-state index in [0.717, 1.165) is 18.8 Å². The summed E-state index contributed by atoms with van der Waals surface area (Å²) in [4.78, 5) is 4.38. The number of rotatable bonds is 5. The first kappa shape index (κ1) is 17.2. The molecule has 7 heteroatoms. The first-order valence-corrected chi connectivity index (χ1v) is 7.22. The van der Waals surface area contributed by atoms with Crippen molar-refractivity contribution in [2.75, 3.05) is 6.54 Å². The third kappa shape index (κ3) is 5.26. The van der Waals surface area contributed by atoms with Crippen molar-refractivity contribution in [1.82, 2.24) is 20.1 Å². The zero-order valence-corrected chi connectivity index (χ0v) is 14.4. The Hall–Kier alpha value is -0.860. The maximum atomic E-state index is 5.91. The topological polar surface area (TPSA) is 81.1 Å². The average Bonchev–Trinajstić information content (AvgIpc) is 2.87. The molecule has 3 N–H and O–H groups in total. The molecule has 1 aliphatic rings. The number of hydrogen-bond donors (Lipinski definition) is 2. The third-order valence-electron chi connectivity index (χ3n) is 3.59. The van der Waals surface area contributed by atoms with Crippen molar-refractivity contribution in [2.24, 2.45) is 10.7 Å². The molecule has 1 fully saturated rings. The van der Waals surface area contributed by atoms with Crippen molar-refractivity contribution in [3.63, 3.8) is 0 Å². The van der Waals surface area contributed by atoms with E-state index in [9.17, 15) is 0 Å². The van der Waals surface area contributed by atoms with Gasteiger partial charge in [-0.3, -0.25) is 4.99 Å². The second-order valence-electron chi connectivity index (χ2n) is 5.04. The molecule has 0 unspecified atom stereocenters. The fraction of sp³-hybridized carbons (Fsp3) is 0.769. The van der Waals surface area contributed by atoms with Crippen LogP contribution in [0, 0.1) is 0 Å². The van der Waals surface area contributed by atoms with Crippen LogP contribution in [-0.4, -0.2) is 33.3 Å². The number of halogens is 1. The fourth-order valence-electron chi connectivity index (χ4n) is 2.52. The van der Waals surface area contributed by atoms with E-state index in [1.807, 2.05) is 4.57 Å². The van der Waals surface area contributed by atoms with Gasteiger partial charge in [0.05, 0.1) is 6.54 Å². The molecule has 0 saturated heterocycles. The lowest BCUT2D eigenvalue weighted by atomic mass is 9.96. The minimum Gasteiger partial charge on any atom is -0.370 e. The van der Waals surface area contributed by atoms with Gasteiger partial charge < -0.3 is 15.6 Å². The van der Waals surface area contributed by atoms with Gasteiger partial charge in [-0.15, -0.1) is 34.2 Å². The smallest absolute Gasteiger partial charge is 0.188 e. The van der Waals surface area contributed by atoms with Crippen molar-refractivity contribution >= 4 is 29.9 Å². The lowest BCUT2D eigenvalue weighted by Crippen LogP contribution is -2.41. The van der Waals surface area contributed by atoms with Gasteiger partial charge in [0.25, 0.3) is 0 Å². The average molecular weight is 392 g/mol. The first-order valence-electron chi connectivity index (χ1n) is 7.22. The van der Waals surface area contributed by atoms with Crippen LogP contribution in [0.15, 0.2) is 11.3 Å². The molecule has 0 amide bonds. The van der Waals surface area contributed by atoms with Gasteiger partial charge in [0.15, 0.2) is 5.96 Å². The number of nitrogens with one attached hydrogen (secondary N) is 1. The van der Waals surface area contributed by atoms with Crippen molar-refractivity contribution < 1.29 is 0 Å². The minimum atomic E-state index is 0. The standard InChI is InChI=1S/C13H24N6.HI/c1-2-12-18-16-10-19(12)9-8-15-13(14)17-11-6-4-3-5-7-11;/h10-11H,2-9H2,1H3,(H3,14,15,17);1H. The summed E-state index contributed by atoms with van der Waals surface area (Å²) in [7, 11) is 0. The largest absolute Gasteiger partial charge is 0.370 e. The number of nitrogens with two attached hydrogens (primary N) is 1. The van der Waals surface area contributed by atoms with Crippen LogP contribution in [0.2, 0.25) is 0 Å². The van der Waals surface area contributed by atoms with E-state index in [0.29, 0.717) is 18.5 Å². The van der Waals surface area contributed by atoms with Crippen molar-refractivity contribution in [3.8, 4) is 0 Å². The molecule has 0 radical (unpaired) electrons. The molecule has 20 heavy (non-hydrogen) atoms. The Labute approximate surface area is 137 Å². The molecule has 1 aliphatic carbocycles. The summed E-state index contributed by atoms with van der Waals surface area (Å²) in [5.41, 5.74) is 5.91. The molecule has 1 heterocycles. The summed E-state index contributed by atoms with van der Waals surface area (Å²) in [6.07, 6.45) is 9.00. The lowest BCUT2D eigenvalue weighted by Gasteiger charge is -2.23. The van der Waals surface area contributed by atoms with Crippen LogP contribution in [-0.2, 0) is 13.0 Å². The Morgan fingerprint density at radius 1 is 1.45 bits per heavy atom. The van der Waals surface area contributed by atoms with E-state index >= 15 is 0 Å². The molecule has 1 aromatic heterocycles. The molecule has 0 aromatic carbocycles. The van der Waals surface area contributed by atoms with Crippen molar-refractivity contribution in [3.05, 3.63) is 12.2 Å². The minimum absolute atomic E-state index is 0. The van der Waals surface area contributed by atoms with Gasteiger partial charge in [-0.25, -0.2) is 0 Å². The van der Waals surface area contributed by atoms with Crippen LogP contribution in [0.4, 0.5) is 0 Å². The highest BCUT2D eigenvalue weighted by molar-refractivity contribution is 14.0. The van der Waals surface area contributed by atoms with Crippen LogP contribution in [0.5, 0.6) is 0 Å². The SMILES string of the molecule is CCc1nncn1CCN=C(N)NC1CCCCC1.I. The molecule has 0 bridgehead atoms. The van der Waals surface area contributed by atoms with E-state index in [4.69, 9.17) is 5.73 Å². The Morgan fingerprint density at radius 3 is 2.90 bits per heavy atom. The van der Waals surface area contributed by atoms with Crippen LogP contribution >= 0.6 is 24.0 Å². The highest BCUT2D eigenvalue weighted by atomic mass is 127. The fourth-order valence-corrected chi connectivity index (χ4v) is 2.52. The van der Waals surface area contributed by atoms with Gasteiger partial charge in [-0.2, -0.15) is 0 Å². The second-order valence-corrected chi connectivity index (χ2v) is 5.04. The van der Waals surface area contributed by atoms with Crippen LogP contribution in [0.25, 0.3) is 0 Å². The summed E-state index contributed by atoms with van der Waals surface area (Å²) in [6.45, 7) is 3.52. The third-order valence-corrected chi connectivity index (χ3v) is 3.59. The van der Waals surface area contributed by atoms with Gasteiger partial charge in [0.2, 0.25) is 0 Å². The normalized spacial score (nSPS) is 16.8. The summed E-state index contributed by atoms with van der Waals surface area (Å²) in [6, 6.07) is 0.513. The van der Waals surface area contributed by atoms with Gasteiger partial charge in [0.1, 0.15) is 12.2 Å². The van der Waals surface area contributed by atoms with Crippen LogP contribution in [0.1, 0.15) is 44.9 Å². The monoisotopic (exact) mass is 392 g/mol. The zero-order valence-electron chi connectivity index (χ0n) is 12.1. The Kier molecular flexibility index (Phi) is 7.86. The molecule has 0 spiro atoms. The van der Waals surface area contributed by atoms with E-state index in [-0.39, 0.29) is 24.0 Å². The van der Waals surface area contributed by atoms with E-state index in [1.54, 1.807) is 6.33 Å². The molecule has 2 rings (SSSR count). The van der Waals surface area contributed by atoms with Crippen molar-refractivity contribution in [1.29, 1.82) is 0 Å². The predicted octanol–water partition coefficient (Wildman–Crippen LogP) is 1.70. The van der Waals surface area contributed by atoms with Crippen LogP contribution in [0.3, 0.4) is 0 Å². The van der Waals surface area contributed by atoms with Gasteiger partial charge >= 0.3 is 0 Å². The highest BCUT2D eigenvalue weighted by Crippen LogP contribution is 2.16. The second kappa shape index (κ2) is 9.15. The molecule has 6 nitrogen and oxygen atoms in total. The number of aryl methyl sites for hydroxylation is 1. The molecular weight excluding hydrogens is 367 g/mol. The molecule has 1 aromatic rings. The quantitative estimate of drug-likeness (QED) is 0.454. The molecule has 114 valence electrons. The van der Waals surface area contributed by atoms with Crippen LogP contribution < -0.4 is 11.1 Å². The molecular formula is C13H25IN6. The number of hydrogen-bond acceptors (Lipinski definition) is 3. The maximum absolute atomic E-state index is 5.91. The highest BCUT2D eigenvalue weighted by Gasteiger charge is 2.13. The maximum Gasteiger partial charge on any atom is 0.188 e. The Balaban J connectivity index is 0.00000200. The summed E-state index contributed by atoms with van der Waals surface area (Å²) in [5, 5.41) is 11.3. The van der Waals surface area contributed by atoms with Gasteiger partial charge in [-0.1, -0.05) is 26.2 Å². The summed E-state index contributed by atoms with van der Waals surface area (Å²) < 4.78 is 2.03. The van der Waals surface area contributed by atoms with E-state index < -0.39 is 0 Å². The number of guanidine groups is 1. The summed E-state index contributed by atoms with van der Waals surface area (Å²) >= 11 is 0. The first-order chi connectivity index (χ1) is 9.29. The predicted molar refractivity (Wildman–Crippen MR) is 91.3 cm³/mol. The number of nitrogens with zero attached hydrogens (tertiary/aromatic N) is 4. The Morgan fingerprint density at radius 2 is 2.20 bits per heavy atom. The molecule has 0 atom stereocenters.